The van der Waals surface area contributed by atoms with E-state index in [2.05, 4.69) is 16.8 Å². The predicted molar refractivity (Wildman–Crippen MR) is 147 cm³/mol. The summed E-state index contributed by atoms with van der Waals surface area (Å²) in [4.78, 5) is 34.8. The van der Waals surface area contributed by atoms with Gasteiger partial charge in [0.25, 0.3) is 11.8 Å². The lowest BCUT2D eigenvalue weighted by Gasteiger charge is -2.40. The van der Waals surface area contributed by atoms with E-state index in [1.165, 1.54) is 0 Å². The lowest BCUT2D eigenvalue weighted by atomic mass is 9.90. The highest BCUT2D eigenvalue weighted by molar-refractivity contribution is 5.98. The molecule has 2 aromatic carbocycles. The molecule has 5 rings (SSSR count). The van der Waals surface area contributed by atoms with E-state index < -0.39 is 0 Å². The Kier molecular flexibility index (Phi) is 8.12. The Morgan fingerprint density at radius 1 is 0.973 bits per heavy atom. The van der Waals surface area contributed by atoms with Crippen molar-refractivity contribution >= 4 is 22.7 Å². The number of para-hydroxylation sites is 1. The number of aromatic nitrogens is 1. The van der Waals surface area contributed by atoms with Gasteiger partial charge in [0.2, 0.25) is 0 Å². The zero-order chi connectivity index (χ0) is 25.6. The molecule has 0 saturated heterocycles. The second-order valence-electron chi connectivity index (χ2n) is 10.5. The first kappa shape index (κ1) is 25.4. The quantitative estimate of drug-likeness (QED) is 0.450. The molecule has 0 spiro atoms. The Hall–Kier alpha value is -3.28. The van der Waals surface area contributed by atoms with Crippen LogP contribution in [0.15, 0.2) is 54.7 Å². The fraction of sp³-hybridized carbons (Fsp3) is 0.484. The first-order valence-corrected chi connectivity index (χ1v) is 14.1. The van der Waals surface area contributed by atoms with Crippen molar-refractivity contribution in [2.24, 2.45) is 0 Å². The number of aromatic amines is 1. The Morgan fingerprint density at radius 2 is 1.78 bits per heavy atom. The normalized spacial score (nSPS) is 21.6. The van der Waals surface area contributed by atoms with Crippen LogP contribution in [0.25, 0.3) is 10.9 Å². The molecule has 1 fully saturated rings. The SMILES string of the molecule is CCCN1CCCCCCN(C(=O)c2ccc3cc[nH]c3c2)[C@@H]2CCCC[C@@H]2Oc2ccccc2C1=O. The summed E-state index contributed by atoms with van der Waals surface area (Å²) in [5.41, 5.74) is 2.33. The third kappa shape index (κ3) is 5.68. The molecule has 196 valence electrons. The zero-order valence-corrected chi connectivity index (χ0v) is 22.0. The number of hydrogen-bond acceptors (Lipinski definition) is 3. The minimum Gasteiger partial charge on any atom is -0.487 e. The first-order valence-electron chi connectivity index (χ1n) is 14.1. The molecule has 0 radical (unpaired) electrons. The molecule has 37 heavy (non-hydrogen) atoms. The molecule has 1 saturated carbocycles. The monoisotopic (exact) mass is 501 g/mol. The highest BCUT2D eigenvalue weighted by Gasteiger charge is 2.35. The van der Waals surface area contributed by atoms with E-state index in [-0.39, 0.29) is 24.0 Å². The van der Waals surface area contributed by atoms with E-state index in [0.29, 0.717) is 16.9 Å². The van der Waals surface area contributed by atoms with E-state index in [9.17, 15) is 9.59 Å². The van der Waals surface area contributed by atoms with Crippen molar-refractivity contribution in [3.63, 3.8) is 0 Å². The minimum atomic E-state index is -0.136. The van der Waals surface area contributed by atoms with E-state index >= 15 is 0 Å². The van der Waals surface area contributed by atoms with E-state index in [1.807, 2.05) is 59.6 Å². The van der Waals surface area contributed by atoms with Gasteiger partial charge in [0.05, 0.1) is 11.6 Å². The van der Waals surface area contributed by atoms with Crippen LogP contribution in [0, 0.1) is 0 Å². The molecule has 6 nitrogen and oxygen atoms in total. The van der Waals surface area contributed by atoms with Gasteiger partial charge in [0.1, 0.15) is 11.9 Å². The number of benzene rings is 2. The Balaban J connectivity index is 1.47. The van der Waals surface area contributed by atoms with Gasteiger partial charge in [-0.2, -0.15) is 0 Å². The van der Waals surface area contributed by atoms with Gasteiger partial charge in [-0.05, 0) is 74.2 Å². The van der Waals surface area contributed by atoms with Crippen molar-refractivity contribution in [2.75, 3.05) is 19.6 Å². The molecule has 2 atom stereocenters. The Labute approximate surface area is 220 Å². The van der Waals surface area contributed by atoms with Crippen LogP contribution < -0.4 is 4.74 Å². The lowest BCUT2D eigenvalue weighted by molar-refractivity contribution is 0.0267. The molecule has 1 N–H and O–H groups in total. The van der Waals surface area contributed by atoms with Gasteiger partial charge >= 0.3 is 0 Å². The minimum absolute atomic E-state index is 0.0153. The van der Waals surface area contributed by atoms with Gasteiger partial charge in [-0.15, -0.1) is 0 Å². The molecule has 2 heterocycles. The standard InChI is InChI=1S/C31H39N3O3/c1-2-19-33-20-9-3-4-10-21-34(30(35)24-16-15-23-17-18-32-26(23)22-24)27-12-6-8-14-29(27)37-28-13-7-5-11-25(28)31(33)36/h5,7,11,13,15-18,22,27,29,32H,2-4,6,8-10,12,14,19-21H2,1H3/t27-,29+/m1/s1. The van der Waals surface area contributed by atoms with Crippen LogP contribution in [0.2, 0.25) is 0 Å². The lowest BCUT2D eigenvalue weighted by Crippen LogP contribution is -2.51. The van der Waals surface area contributed by atoms with Gasteiger partial charge in [-0.1, -0.05) is 44.4 Å². The van der Waals surface area contributed by atoms with Crippen LogP contribution in [0.4, 0.5) is 0 Å². The van der Waals surface area contributed by atoms with Gasteiger partial charge in [0.15, 0.2) is 0 Å². The largest absolute Gasteiger partial charge is 0.487 e. The van der Waals surface area contributed by atoms with Crippen LogP contribution >= 0.6 is 0 Å². The number of carbonyl (C=O) groups is 2. The van der Waals surface area contributed by atoms with Crippen LogP contribution in [-0.4, -0.2) is 58.4 Å². The topological polar surface area (TPSA) is 65.6 Å². The molecule has 1 aliphatic heterocycles. The highest BCUT2D eigenvalue weighted by Crippen LogP contribution is 2.31. The number of H-pyrrole nitrogens is 1. The number of fused-ring (bicyclic) bond motifs is 3. The maximum atomic E-state index is 14.0. The number of carbonyl (C=O) groups excluding carboxylic acids is 2. The summed E-state index contributed by atoms with van der Waals surface area (Å²) in [6.45, 7) is 4.36. The molecule has 0 unspecified atom stereocenters. The second kappa shape index (κ2) is 11.8. The van der Waals surface area contributed by atoms with Crippen LogP contribution in [0.3, 0.4) is 0 Å². The average Bonchev–Trinajstić information content (AvgIpc) is 3.40. The van der Waals surface area contributed by atoms with Crippen LogP contribution in [0.1, 0.15) is 85.4 Å². The summed E-state index contributed by atoms with van der Waals surface area (Å²) in [5, 5.41) is 1.11. The third-order valence-corrected chi connectivity index (χ3v) is 7.88. The first-order chi connectivity index (χ1) is 18.2. The smallest absolute Gasteiger partial charge is 0.257 e. The summed E-state index contributed by atoms with van der Waals surface area (Å²) in [7, 11) is 0. The van der Waals surface area contributed by atoms with E-state index in [1.54, 1.807) is 0 Å². The maximum Gasteiger partial charge on any atom is 0.257 e. The van der Waals surface area contributed by atoms with E-state index in [0.717, 1.165) is 88.3 Å². The number of rotatable bonds is 3. The summed E-state index contributed by atoms with van der Waals surface area (Å²) >= 11 is 0. The molecule has 2 amide bonds. The molecule has 2 aliphatic rings. The Morgan fingerprint density at radius 3 is 2.65 bits per heavy atom. The molecule has 1 aromatic heterocycles. The van der Waals surface area contributed by atoms with Gasteiger partial charge in [-0.3, -0.25) is 9.59 Å². The van der Waals surface area contributed by atoms with Crippen molar-refractivity contribution < 1.29 is 14.3 Å². The van der Waals surface area contributed by atoms with Crippen LogP contribution in [-0.2, 0) is 0 Å². The molecular weight excluding hydrogens is 462 g/mol. The summed E-state index contributed by atoms with van der Waals surface area (Å²) < 4.78 is 6.67. The number of nitrogens with one attached hydrogen (secondary N) is 1. The molecule has 3 aromatic rings. The molecule has 0 bridgehead atoms. The highest BCUT2D eigenvalue weighted by atomic mass is 16.5. The fourth-order valence-corrected chi connectivity index (χ4v) is 5.94. The molecule has 1 aliphatic carbocycles. The maximum absolute atomic E-state index is 14.0. The van der Waals surface area contributed by atoms with Gasteiger partial charge in [0, 0.05) is 36.9 Å². The predicted octanol–water partition coefficient (Wildman–Crippen LogP) is 6.43. The Bertz CT molecular complexity index is 1220. The second-order valence-corrected chi connectivity index (χ2v) is 10.5. The molecule has 6 heteroatoms. The molecular formula is C31H39N3O3. The van der Waals surface area contributed by atoms with Gasteiger partial charge < -0.3 is 19.5 Å². The number of amides is 2. The fourth-order valence-electron chi connectivity index (χ4n) is 5.94. The van der Waals surface area contributed by atoms with Crippen molar-refractivity contribution in [3.8, 4) is 5.75 Å². The average molecular weight is 502 g/mol. The van der Waals surface area contributed by atoms with E-state index in [4.69, 9.17) is 4.74 Å². The number of hydrogen-bond donors (Lipinski definition) is 1. The van der Waals surface area contributed by atoms with Crippen LogP contribution in [0.5, 0.6) is 5.75 Å². The van der Waals surface area contributed by atoms with Crippen molar-refractivity contribution in [3.05, 3.63) is 65.9 Å². The van der Waals surface area contributed by atoms with Gasteiger partial charge in [-0.25, -0.2) is 0 Å². The number of ether oxygens (including phenoxy) is 1. The number of nitrogens with zero attached hydrogens (tertiary/aromatic N) is 2. The zero-order valence-electron chi connectivity index (χ0n) is 22.0. The van der Waals surface area contributed by atoms with Crippen molar-refractivity contribution in [1.29, 1.82) is 0 Å². The summed E-state index contributed by atoms with van der Waals surface area (Å²) in [5.74, 6) is 0.763. The summed E-state index contributed by atoms with van der Waals surface area (Å²) in [6, 6.07) is 15.6. The third-order valence-electron chi connectivity index (χ3n) is 7.88. The van der Waals surface area contributed by atoms with Crippen molar-refractivity contribution in [1.82, 2.24) is 14.8 Å². The van der Waals surface area contributed by atoms with Crippen molar-refractivity contribution in [2.45, 2.75) is 76.9 Å². The summed E-state index contributed by atoms with van der Waals surface area (Å²) in [6.07, 6.45) is 10.7.